The standard InChI is InChI=1S/C49H30N8.2Pt/c1-3-15-37(16-4-1)55(39-19-11-13-35(31-39)45-21-7-9-27-50-45)41-23-25-43-44-26-24-42(34-48(44)57(47(43)33-41)49-52-29-30-53-54-49)56(38-17-5-2-6-18-38)40-20-12-14-36(32-40)46-22-8-10-28-51-46;;/h1-30H;;/q-4;2*+2. The van der Waals surface area contributed by atoms with Crippen LogP contribution in [0, 0.1) is 24.3 Å². The van der Waals surface area contributed by atoms with E-state index in [1.165, 1.54) is 0 Å². The number of hydrogen-bond donors (Lipinski definition) is 0. The fourth-order valence-corrected chi connectivity index (χ4v) is 7.13. The number of anilines is 6. The molecule has 0 amide bonds. The van der Waals surface area contributed by atoms with E-state index in [0.29, 0.717) is 5.95 Å². The third kappa shape index (κ3) is 7.73. The smallest absolute Gasteiger partial charge is 0.352 e. The summed E-state index contributed by atoms with van der Waals surface area (Å²) in [6.07, 6.45) is 6.82. The van der Waals surface area contributed by atoms with Crippen LogP contribution in [0.1, 0.15) is 0 Å². The monoisotopic (exact) mass is 1120 g/mol. The van der Waals surface area contributed by atoms with Crippen LogP contribution in [0.5, 0.6) is 0 Å². The van der Waals surface area contributed by atoms with Crippen LogP contribution in [0.25, 0.3) is 50.3 Å². The fraction of sp³-hybridized carbons (Fsp3) is 0. The third-order valence-corrected chi connectivity index (χ3v) is 9.66. The van der Waals surface area contributed by atoms with Gasteiger partial charge in [0.2, 0.25) is 0 Å². The van der Waals surface area contributed by atoms with Crippen LogP contribution < -0.4 is 9.80 Å². The third-order valence-electron chi connectivity index (χ3n) is 9.66. The average molecular weight is 1120 g/mol. The molecule has 286 valence electrons. The summed E-state index contributed by atoms with van der Waals surface area (Å²) in [5.41, 5.74) is 10.2. The van der Waals surface area contributed by atoms with Crippen molar-refractivity contribution in [2.24, 2.45) is 0 Å². The Balaban J connectivity index is 0.00000242. The molecule has 0 spiro atoms. The van der Waals surface area contributed by atoms with Gasteiger partial charge in [-0.05, 0) is 59.2 Å². The fourth-order valence-electron chi connectivity index (χ4n) is 7.13. The number of rotatable bonds is 9. The summed E-state index contributed by atoms with van der Waals surface area (Å²) in [6.45, 7) is 0. The molecular weight excluding hydrogens is 1090 g/mol. The molecule has 0 fully saturated rings. The van der Waals surface area contributed by atoms with Gasteiger partial charge in [-0.2, -0.15) is 28.0 Å². The Morgan fingerprint density at radius 2 is 0.864 bits per heavy atom. The molecule has 10 aromatic rings. The largest absolute Gasteiger partial charge is 2.00 e. The van der Waals surface area contributed by atoms with Gasteiger partial charge in [0.25, 0.3) is 5.95 Å². The number of nitrogens with zero attached hydrogens (tertiary/aromatic N) is 8. The zero-order valence-electron chi connectivity index (χ0n) is 31.0. The maximum atomic E-state index is 4.69. The summed E-state index contributed by atoms with van der Waals surface area (Å²) in [6, 6.07) is 67.7. The molecule has 0 aliphatic heterocycles. The van der Waals surface area contributed by atoms with Gasteiger partial charge < -0.3 is 24.3 Å². The van der Waals surface area contributed by atoms with Crippen molar-refractivity contribution in [3.05, 3.63) is 207 Å². The van der Waals surface area contributed by atoms with Gasteiger partial charge in [-0.1, -0.05) is 83.1 Å². The SMILES string of the molecule is [Pt+2].[Pt+2].[c-]1c(-c2ccccn2)cccc1N(c1[c-]c2c(cc1)c1ccc(N(c3[c-]c(-c4ccccn4)ccc3)c3ccccc3)[c-]c1n2-c1nccnn1)c1ccccc1. The minimum absolute atomic E-state index is 0. The van der Waals surface area contributed by atoms with E-state index in [2.05, 4.69) is 120 Å². The Morgan fingerprint density at radius 1 is 0.390 bits per heavy atom. The van der Waals surface area contributed by atoms with Gasteiger partial charge in [-0.25, -0.2) is 4.98 Å². The number of benzene rings is 6. The summed E-state index contributed by atoms with van der Waals surface area (Å²) < 4.78 is 1.99. The number of para-hydroxylation sites is 2. The molecule has 0 atom stereocenters. The van der Waals surface area contributed by atoms with Crippen molar-refractivity contribution >= 4 is 55.9 Å². The first-order chi connectivity index (χ1) is 28.3. The van der Waals surface area contributed by atoms with Crippen molar-refractivity contribution in [3.63, 3.8) is 0 Å². The number of aromatic nitrogens is 6. The molecule has 0 N–H and O–H groups in total. The predicted octanol–water partition coefficient (Wildman–Crippen LogP) is 11.2. The van der Waals surface area contributed by atoms with Gasteiger partial charge in [-0.3, -0.25) is 0 Å². The van der Waals surface area contributed by atoms with Gasteiger partial charge in [0.15, 0.2) is 0 Å². The molecule has 59 heavy (non-hydrogen) atoms. The minimum atomic E-state index is 0. The Bertz CT molecular complexity index is 2790. The predicted molar refractivity (Wildman–Crippen MR) is 225 cm³/mol. The number of hydrogen-bond acceptors (Lipinski definition) is 7. The maximum Gasteiger partial charge on any atom is 2.00 e. The molecule has 8 nitrogen and oxygen atoms in total. The molecule has 0 bridgehead atoms. The van der Waals surface area contributed by atoms with Crippen LogP contribution in [0.3, 0.4) is 0 Å². The van der Waals surface area contributed by atoms with Gasteiger partial charge >= 0.3 is 42.1 Å². The minimum Gasteiger partial charge on any atom is -0.352 e. The summed E-state index contributed by atoms with van der Waals surface area (Å²) in [5.74, 6) is 0.407. The van der Waals surface area contributed by atoms with E-state index in [0.717, 1.165) is 78.4 Å². The maximum absolute atomic E-state index is 4.69. The molecule has 0 aliphatic rings. The van der Waals surface area contributed by atoms with Crippen molar-refractivity contribution in [1.29, 1.82) is 0 Å². The van der Waals surface area contributed by atoms with Crippen molar-refractivity contribution in [3.8, 4) is 28.5 Å². The van der Waals surface area contributed by atoms with Crippen molar-refractivity contribution in [2.75, 3.05) is 9.80 Å². The van der Waals surface area contributed by atoms with Crippen LogP contribution in [0.15, 0.2) is 183 Å². The van der Waals surface area contributed by atoms with Gasteiger partial charge in [0, 0.05) is 23.8 Å². The van der Waals surface area contributed by atoms with E-state index >= 15 is 0 Å². The molecule has 0 aliphatic carbocycles. The second kappa shape index (κ2) is 17.5. The van der Waals surface area contributed by atoms with Gasteiger partial charge in [0.05, 0.1) is 12.4 Å². The Hall–Kier alpha value is -6.59. The molecule has 10 rings (SSSR count). The molecule has 0 saturated carbocycles. The second-order valence-corrected chi connectivity index (χ2v) is 13.2. The first-order valence-electron chi connectivity index (χ1n) is 18.4. The van der Waals surface area contributed by atoms with Crippen LogP contribution in [-0.4, -0.2) is 29.7 Å². The molecular formula is C49H30N8Pt2. The average Bonchev–Trinajstić information content (AvgIpc) is 3.61. The van der Waals surface area contributed by atoms with Crippen LogP contribution in [0.4, 0.5) is 34.1 Å². The molecule has 0 radical (unpaired) electrons. The molecule has 10 heteroatoms. The summed E-state index contributed by atoms with van der Waals surface area (Å²) >= 11 is 0. The van der Waals surface area contributed by atoms with Gasteiger partial charge in [-0.15, -0.1) is 89.0 Å². The topological polar surface area (TPSA) is 75.9 Å². The van der Waals surface area contributed by atoms with Crippen molar-refractivity contribution in [2.45, 2.75) is 0 Å². The first-order valence-corrected chi connectivity index (χ1v) is 18.4. The van der Waals surface area contributed by atoms with Crippen molar-refractivity contribution < 1.29 is 42.1 Å². The summed E-state index contributed by atoms with van der Waals surface area (Å²) in [7, 11) is 0. The number of fused-ring (bicyclic) bond motifs is 3. The number of pyridine rings is 2. The molecule has 0 saturated heterocycles. The van der Waals surface area contributed by atoms with Gasteiger partial charge in [0.1, 0.15) is 0 Å². The molecule has 4 heterocycles. The zero-order valence-corrected chi connectivity index (χ0v) is 35.6. The van der Waals surface area contributed by atoms with Crippen LogP contribution in [0.2, 0.25) is 0 Å². The van der Waals surface area contributed by atoms with Crippen molar-refractivity contribution in [1.82, 2.24) is 29.7 Å². The summed E-state index contributed by atoms with van der Waals surface area (Å²) in [4.78, 5) is 18.2. The Kier molecular flexibility index (Phi) is 11.6. The van der Waals surface area contributed by atoms with Crippen LogP contribution in [-0.2, 0) is 42.1 Å². The van der Waals surface area contributed by atoms with E-state index in [1.54, 1.807) is 24.8 Å². The summed E-state index contributed by atoms with van der Waals surface area (Å²) in [5, 5.41) is 10.7. The first kappa shape index (κ1) is 39.2. The van der Waals surface area contributed by atoms with E-state index in [1.807, 2.05) is 102 Å². The molecule has 4 aromatic heterocycles. The quantitative estimate of drug-likeness (QED) is 0.133. The molecule has 6 aromatic carbocycles. The Labute approximate surface area is 370 Å². The van der Waals surface area contributed by atoms with E-state index in [9.17, 15) is 0 Å². The van der Waals surface area contributed by atoms with E-state index < -0.39 is 0 Å². The van der Waals surface area contributed by atoms with Crippen LogP contribution >= 0.6 is 0 Å². The second-order valence-electron chi connectivity index (χ2n) is 13.2. The molecule has 0 unspecified atom stereocenters. The zero-order chi connectivity index (χ0) is 38.0. The Morgan fingerprint density at radius 3 is 1.31 bits per heavy atom. The van der Waals surface area contributed by atoms with E-state index in [-0.39, 0.29) is 42.1 Å². The van der Waals surface area contributed by atoms with E-state index in [4.69, 9.17) is 0 Å². The normalized spacial score (nSPS) is 10.8.